The second kappa shape index (κ2) is 13.0. The molecule has 8 nitrogen and oxygen atoms in total. The highest BCUT2D eigenvalue weighted by Gasteiger charge is 2.34. The van der Waals surface area contributed by atoms with E-state index in [9.17, 15) is 13.2 Å². The Morgan fingerprint density at radius 1 is 0.935 bits per heavy atom. The average Bonchev–Trinajstić information content (AvgIpc) is 3.56. The van der Waals surface area contributed by atoms with Crippen molar-refractivity contribution in [3.63, 3.8) is 0 Å². The van der Waals surface area contributed by atoms with Gasteiger partial charge in [0.1, 0.15) is 24.7 Å². The molecule has 46 heavy (non-hydrogen) atoms. The van der Waals surface area contributed by atoms with Crippen molar-refractivity contribution >= 4 is 45.0 Å². The topological polar surface area (TPSA) is 93.5 Å². The van der Waals surface area contributed by atoms with Crippen molar-refractivity contribution in [3.8, 4) is 33.8 Å². The number of halogens is 2. The van der Waals surface area contributed by atoms with Gasteiger partial charge in [-0.15, -0.1) is 0 Å². The van der Waals surface area contributed by atoms with Gasteiger partial charge in [0.25, 0.3) is 5.91 Å². The molecular formula is C35H30Cl2N4O4S. The van der Waals surface area contributed by atoms with E-state index in [0.29, 0.717) is 51.5 Å². The number of nitrogens with zero attached hydrogens (tertiary/aromatic N) is 3. The molecule has 0 saturated carbocycles. The summed E-state index contributed by atoms with van der Waals surface area (Å²) in [4.78, 5) is 16.8. The highest BCUT2D eigenvalue weighted by molar-refractivity contribution is 7.92. The molecule has 1 N–H and O–H groups in total. The first-order chi connectivity index (χ1) is 22.1. The summed E-state index contributed by atoms with van der Waals surface area (Å²) in [6, 6.07) is 28.5. The number of carbonyl (C=O) groups is 1. The van der Waals surface area contributed by atoms with Gasteiger partial charge in [0, 0.05) is 28.9 Å². The molecule has 2 heterocycles. The minimum Gasteiger partial charge on any atom is -0.490 e. The van der Waals surface area contributed by atoms with Gasteiger partial charge in [-0.1, -0.05) is 71.2 Å². The van der Waals surface area contributed by atoms with Crippen molar-refractivity contribution in [2.45, 2.75) is 20.3 Å². The Balaban J connectivity index is 1.31. The van der Waals surface area contributed by atoms with Gasteiger partial charge in [-0.2, -0.15) is 8.42 Å². The third-order valence-electron chi connectivity index (χ3n) is 7.45. The second-order valence-electron chi connectivity index (χ2n) is 11.1. The SMILES string of the molecule is CC(C)=CCOc1ccc(-c2ccc(Cc3nc(-c4ccc(Cl)cc4Cl)cn3-c3cccc(N4CC(=O)NS4(=O)=O)c3)cc2)cc1. The number of imidazole rings is 1. The number of carbonyl (C=O) groups excluding carboxylic acids is 1. The van der Waals surface area contributed by atoms with Gasteiger partial charge in [-0.05, 0) is 85.1 Å². The zero-order valence-electron chi connectivity index (χ0n) is 25.1. The number of hydrogen-bond acceptors (Lipinski definition) is 5. The summed E-state index contributed by atoms with van der Waals surface area (Å²) in [6.07, 6.45) is 4.38. The van der Waals surface area contributed by atoms with Gasteiger partial charge < -0.3 is 9.30 Å². The van der Waals surface area contributed by atoms with Crippen LogP contribution in [-0.4, -0.2) is 37.0 Å². The maximum atomic E-state index is 12.5. The summed E-state index contributed by atoms with van der Waals surface area (Å²) in [7, 11) is -3.96. The van der Waals surface area contributed by atoms with Crippen LogP contribution < -0.4 is 13.8 Å². The standard InChI is InChI=1S/C35H30Cl2N4O4S/c1-23(2)16-17-45-30-13-10-26(11-14-30)25-8-6-24(7-9-25)18-34-38-33(31-15-12-27(36)19-32(31)37)21-40(34)28-4-3-5-29(20-28)41-22-35(42)39-46(41,43)44/h3-16,19-21H,17-18,22H2,1-2H3,(H,39,42). The van der Waals surface area contributed by atoms with Crippen LogP contribution >= 0.6 is 23.2 Å². The Morgan fingerprint density at radius 2 is 1.63 bits per heavy atom. The van der Waals surface area contributed by atoms with E-state index in [2.05, 4.69) is 24.3 Å². The molecule has 0 spiro atoms. The van der Waals surface area contributed by atoms with Gasteiger partial charge in [-0.25, -0.2) is 14.0 Å². The summed E-state index contributed by atoms with van der Waals surface area (Å²) in [5.74, 6) is 0.943. The lowest BCUT2D eigenvalue weighted by Crippen LogP contribution is -2.29. The quantitative estimate of drug-likeness (QED) is 0.163. The smallest absolute Gasteiger partial charge is 0.326 e. The Morgan fingerprint density at radius 3 is 2.28 bits per heavy atom. The Labute approximate surface area is 278 Å². The number of allylic oxidation sites excluding steroid dienone is 1. The lowest BCUT2D eigenvalue weighted by Gasteiger charge is -2.16. The predicted molar refractivity (Wildman–Crippen MR) is 183 cm³/mol. The van der Waals surface area contributed by atoms with Crippen molar-refractivity contribution in [1.82, 2.24) is 14.3 Å². The maximum Gasteiger partial charge on any atom is 0.326 e. The molecular weight excluding hydrogens is 643 g/mol. The van der Waals surface area contributed by atoms with Gasteiger partial charge in [0.2, 0.25) is 0 Å². The normalized spacial score (nSPS) is 13.8. The molecule has 1 aliphatic heterocycles. The van der Waals surface area contributed by atoms with E-state index in [1.165, 1.54) is 5.57 Å². The molecule has 11 heteroatoms. The van der Waals surface area contributed by atoms with Crippen molar-refractivity contribution in [2.75, 3.05) is 17.5 Å². The molecule has 6 rings (SSSR count). The molecule has 1 amide bonds. The predicted octanol–water partition coefficient (Wildman–Crippen LogP) is 7.63. The highest BCUT2D eigenvalue weighted by Crippen LogP contribution is 2.32. The van der Waals surface area contributed by atoms with Crippen LogP contribution in [0.5, 0.6) is 5.75 Å². The van der Waals surface area contributed by atoms with E-state index in [-0.39, 0.29) is 6.54 Å². The van der Waals surface area contributed by atoms with Gasteiger partial charge >= 0.3 is 10.2 Å². The van der Waals surface area contributed by atoms with Crippen LogP contribution in [0.15, 0.2) is 109 Å². The molecule has 1 aromatic heterocycles. The van der Waals surface area contributed by atoms with E-state index in [0.717, 1.165) is 26.7 Å². The highest BCUT2D eigenvalue weighted by atomic mass is 35.5. The van der Waals surface area contributed by atoms with Crippen molar-refractivity contribution in [3.05, 3.63) is 130 Å². The van der Waals surface area contributed by atoms with Crippen LogP contribution in [-0.2, 0) is 21.4 Å². The number of aromatic nitrogens is 2. The van der Waals surface area contributed by atoms with E-state index in [1.807, 2.05) is 71.8 Å². The molecule has 0 unspecified atom stereocenters. The van der Waals surface area contributed by atoms with E-state index < -0.39 is 16.1 Å². The number of benzene rings is 4. The minimum atomic E-state index is -3.96. The molecule has 234 valence electrons. The lowest BCUT2D eigenvalue weighted by molar-refractivity contribution is -0.117. The minimum absolute atomic E-state index is 0.286. The summed E-state index contributed by atoms with van der Waals surface area (Å²) in [5.41, 5.74) is 6.76. The summed E-state index contributed by atoms with van der Waals surface area (Å²) in [5, 5.41) is 0.977. The number of anilines is 1. The van der Waals surface area contributed by atoms with Crippen molar-refractivity contribution in [2.24, 2.45) is 0 Å². The number of ether oxygens (including phenoxy) is 1. The average molecular weight is 674 g/mol. The third-order valence-corrected chi connectivity index (χ3v) is 9.40. The third kappa shape index (κ3) is 6.97. The van der Waals surface area contributed by atoms with Crippen LogP contribution in [0.3, 0.4) is 0 Å². The van der Waals surface area contributed by atoms with E-state index >= 15 is 0 Å². The Hall–Kier alpha value is -4.57. The second-order valence-corrected chi connectivity index (χ2v) is 13.5. The number of amides is 1. The molecule has 1 saturated heterocycles. The molecule has 0 atom stereocenters. The maximum absolute atomic E-state index is 12.5. The first kappa shape index (κ1) is 31.4. The molecule has 4 aromatic carbocycles. The van der Waals surface area contributed by atoms with Crippen LogP contribution in [0, 0.1) is 0 Å². The summed E-state index contributed by atoms with van der Waals surface area (Å²) >= 11 is 12.7. The summed E-state index contributed by atoms with van der Waals surface area (Å²) < 4.78 is 35.8. The van der Waals surface area contributed by atoms with Gasteiger partial charge in [-0.3, -0.25) is 4.79 Å². The molecule has 0 bridgehead atoms. The molecule has 0 radical (unpaired) electrons. The van der Waals surface area contributed by atoms with Crippen LogP contribution in [0.25, 0.3) is 28.1 Å². The van der Waals surface area contributed by atoms with Gasteiger partial charge in [0.15, 0.2) is 0 Å². The van der Waals surface area contributed by atoms with Crippen LogP contribution in [0.2, 0.25) is 10.0 Å². The van der Waals surface area contributed by atoms with Crippen molar-refractivity contribution in [1.29, 1.82) is 0 Å². The Bertz CT molecular complexity index is 2050. The fourth-order valence-corrected chi connectivity index (χ4v) is 6.76. The van der Waals surface area contributed by atoms with E-state index in [1.54, 1.807) is 30.3 Å². The number of rotatable bonds is 9. The monoisotopic (exact) mass is 672 g/mol. The fourth-order valence-electron chi connectivity index (χ4n) is 5.11. The Kier molecular flexibility index (Phi) is 8.90. The van der Waals surface area contributed by atoms with E-state index in [4.69, 9.17) is 32.9 Å². The van der Waals surface area contributed by atoms with Crippen LogP contribution in [0.4, 0.5) is 5.69 Å². The summed E-state index contributed by atoms with van der Waals surface area (Å²) in [6.45, 7) is 4.34. The largest absolute Gasteiger partial charge is 0.490 e. The van der Waals surface area contributed by atoms with Gasteiger partial charge in [0.05, 0.1) is 16.4 Å². The molecule has 1 fully saturated rings. The fraction of sp³-hybridized carbons (Fsp3) is 0.143. The molecule has 1 aliphatic rings. The zero-order valence-corrected chi connectivity index (χ0v) is 27.4. The van der Waals surface area contributed by atoms with Crippen molar-refractivity contribution < 1.29 is 17.9 Å². The molecule has 5 aromatic rings. The first-order valence-corrected chi connectivity index (χ1v) is 16.7. The number of nitrogens with one attached hydrogen (secondary N) is 1. The molecule has 0 aliphatic carbocycles. The number of hydrogen-bond donors (Lipinski definition) is 1. The first-order valence-electron chi connectivity index (χ1n) is 14.5. The zero-order chi connectivity index (χ0) is 32.4. The lowest BCUT2D eigenvalue weighted by atomic mass is 10.0. The van der Waals surface area contributed by atoms with Crippen LogP contribution in [0.1, 0.15) is 25.2 Å².